The maximum Gasteiger partial charge on any atom is 0.0835 e. The zero-order valence-corrected chi connectivity index (χ0v) is 12.5. The highest BCUT2D eigenvalue weighted by atomic mass is 35.5. The molecule has 0 bridgehead atoms. The van der Waals surface area contributed by atoms with E-state index in [0.717, 1.165) is 35.8 Å². The van der Waals surface area contributed by atoms with Crippen LogP contribution in [0.4, 0.5) is 0 Å². The van der Waals surface area contributed by atoms with Gasteiger partial charge in [-0.2, -0.15) is 5.10 Å². The van der Waals surface area contributed by atoms with Crippen LogP contribution in [-0.4, -0.2) is 16.8 Å². The zero-order chi connectivity index (χ0) is 13.8. The number of nitrogens with one attached hydrogen (secondary N) is 1. The summed E-state index contributed by atoms with van der Waals surface area (Å²) in [5.41, 5.74) is 4.43. The van der Waals surface area contributed by atoms with Gasteiger partial charge in [-0.1, -0.05) is 31.5 Å². The quantitative estimate of drug-likeness (QED) is 0.908. The van der Waals surface area contributed by atoms with Crippen LogP contribution < -0.4 is 5.32 Å². The van der Waals surface area contributed by atoms with Crippen molar-refractivity contribution in [3.8, 4) is 5.69 Å². The van der Waals surface area contributed by atoms with Crippen LogP contribution in [0, 0.1) is 0 Å². The smallest absolute Gasteiger partial charge is 0.0835 e. The fourth-order valence-electron chi connectivity index (χ4n) is 2.14. The summed E-state index contributed by atoms with van der Waals surface area (Å²) in [6.07, 6.45) is 1.89. The predicted molar refractivity (Wildman–Crippen MR) is 80.1 cm³/mol. The maximum atomic E-state index is 6.39. The third kappa shape index (κ3) is 2.99. The van der Waals surface area contributed by atoms with Crippen molar-refractivity contribution >= 4 is 11.6 Å². The summed E-state index contributed by atoms with van der Waals surface area (Å²) in [5, 5.41) is 8.49. The number of rotatable bonds is 5. The second kappa shape index (κ2) is 6.22. The zero-order valence-electron chi connectivity index (χ0n) is 11.7. The average molecular weight is 278 g/mol. The van der Waals surface area contributed by atoms with E-state index in [1.807, 2.05) is 23.9 Å². The Balaban J connectivity index is 2.43. The highest BCUT2D eigenvalue weighted by molar-refractivity contribution is 6.32. The first-order chi connectivity index (χ1) is 9.19. The molecule has 3 nitrogen and oxygen atoms in total. The Hall–Kier alpha value is -1.32. The lowest BCUT2D eigenvalue weighted by atomic mass is 10.2. The van der Waals surface area contributed by atoms with Gasteiger partial charge in [0.15, 0.2) is 0 Å². The lowest BCUT2D eigenvalue weighted by Crippen LogP contribution is -2.06. The van der Waals surface area contributed by atoms with Gasteiger partial charge >= 0.3 is 0 Å². The van der Waals surface area contributed by atoms with Crippen LogP contribution in [0.5, 0.6) is 0 Å². The van der Waals surface area contributed by atoms with Gasteiger partial charge in [0.25, 0.3) is 0 Å². The number of halogens is 1. The third-order valence-electron chi connectivity index (χ3n) is 3.18. The normalized spacial score (nSPS) is 10.9. The number of benzene rings is 1. The first-order valence-electron chi connectivity index (χ1n) is 6.70. The molecule has 102 valence electrons. The fraction of sp³-hybridized carbons (Fsp3) is 0.400. The Morgan fingerprint density at radius 2 is 2.00 bits per heavy atom. The van der Waals surface area contributed by atoms with Crippen LogP contribution >= 0.6 is 11.6 Å². The van der Waals surface area contributed by atoms with E-state index < -0.39 is 0 Å². The first kappa shape index (κ1) is 14.1. The predicted octanol–water partition coefficient (Wildman–Crippen LogP) is 3.37. The molecule has 0 aliphatic carbocycles. The number of aryl methyl sites for hydroxylation is 2. The summed E-state index contributed by atoms with van der Waals surface area (Å²) in [7, 11) is 1.93. The molecule has 1 heterocycles. The molecule has 1 N–H and O–H groups in total. The van der Waals surface area contributed by atoms with Crippen LogP contribution in [0.25, 0.3) is 5.69 Å². The highest BCUT2D eigenvalue weighted by Crippen LogP contribution is 2.24. The van der Waals surface area contributed by atoms with Gasteiger partial charge < -0.3 is 5.32 Å². The van der Waals surface area contributed by atoms with Crippen molar-refractivity contribution in [2.24, 2.45) is 0 Å². The topological polar surface area (TPSA) is 29.9 Å². The molecule has 0 atom stereocenters. The molecule has 0 fully saturated rings. The minimum atomic E-state index is 0.744. The molecule has 2 rings (SSSR count). The van der Waals surface area contributed by atoms with E-state index in [2.05, 4.69) is 36.4 Å². The summed E-state index contributed by atoms with van der Waals surface area (Å²) >= 11 is 6.39. The summed E-state index contributed by atoms with van der Waals surface area (Å²) in [5.74, 6) is 0. The standard InChI is InChI=1S/C15H20ClN3/c1-4-12-9-13(5-2)19(18-12)15-7-6-11(10-17-3)8-14(15)16/h6-9,17H,4-5,10H2,1-3H3. The molecule has 0 unspecified atom stereocenters. The Kier molecular flexibility index (Phi) is 4.61. The minimum Gasteiger partial charge on any atom is -0.316 e. The molecule has 19 heavy (non-hydrogen) atoms. The molecular weight excluding hydrogens is 258 g/mol. The molecule has 0 aliphatic heterocycles. The molecule has 0 aliphatic rings. The highest BCUT2D eigenvalue weighted by Gasteiger charge is 2.10. The Morgan fingerprint density at radius 3 is 2.58 bits per heavy atom. The van der Waals surface area contributed by atoms with Gasteiger partial charge in [-0.25, -0.2) is 4.68 Å². The van der Waals surface area contributed by atoms with Gasteiger partial charge in [0.05, 0.1) is 16.4 Å². The third-order valence-corrected chi connectivity index (χ3v) is 3.48. The van der Waals surface area contributed by atoms with E-state index in [1.54, 1.807) is 0 Å². The minimum absolute atomic E-state index is 0.744. The SMILES string of the molecule is CCc1cc(CC)n(-c2ccc(CNC)cc2Cl)n1. The van der Waals surface area contributed by atoms with E-state index >= 15 is 0 Å². The van der Waals surface area contributed by atoms with Crippen LogP contribution in [-0.2, 0) is 19.4 Å². The van der Waals surface area contributed by atoms with E-state index in [4.69, 9.17) is 11.6 Å². The Bertz CT molecular complexity index is 561. The largest absolute Gasteiger partial charge is 0.316 e. The molecule has 0 saturated heterocycles. The summed E-state index contributed by atoms with van der Waals surface area (Å²) < 4.78 is 1.96. The second-order valence-corrected chi connectivity index (χ2v) is 4.97. The van der Waals surface area contributed by atoms with Crippen LogP contribution in [0.15, 0.2) is 24.3 Å². The molecule has 2 aromatic rings. The first-order valence-corrected chi connectivity index (χ1v) is 7.08. The van der Waals surface area contributed by atoms with Gasteiger partial charge in [-0.05, 0) is 43.7 Å². The van der Waals surface area contributed by atoms with Gasteiger partial charge in [0.2, 0.25) is 0 Å². The number of hydrogen-bond donors (Lipinski definition) is 1. The van der Waals surface area contributed by atoms with Crippen molar-refractivity contribution in [1.29, 1.82) is 0 Å². The average Bonchev–Trinajstić information content (AvgIpc) is 2.82. The number of hydrogen-bond acceptors (Lipinski definition) is 2. The summed E-state index contributed by atoms with van der Waals surface area (Å²) in [6.45, 7) is 5.07. The monoisotopic (exact) mass is 277 g/mol. The molecular formula is C15H20ClN3. The molecule has 0 amide bonds. The number of nitrogens with zero attached hydrogens (tertiary/aromatic N) is 2. The van der Waals surface area contributed by atoms with Crippen molar-refractivity contribution in [1.82, 2.24) is 15.1 Å². The van der Waals surface area contributed by atoms with Crippen molar-refractivity contribution in [2.75, 3.05) is 7.05 Å². The molecule has 0 spiro atoms. The second-order valence-electron chi connectivity index (χ2n) is 4.56. The summed E-state index contributed by atoms with van der Waals surface area (Å²) in [6, 6.07) is 8.28. The Morgan fingerprint density at radius 1 is 1.21 bits per heavy atom. The van der Waals surface area contributed by atoms with E-state index in [9.17, 15) is 0 Å². The summed E-state index contributed by atoms with van der Waals surface area (Å²) in [4.78, 5) is 0. The number of aromatic nitrogens is 2. The lowest BCUT2D eigenvalue weighted by Gasteiger charge is -2.10. The van der Waals surface area contributed by atoms with Crippen LogP contribution in [0.1, 0.15) is 30.8 Å². The van der Waals surface area contributed by atoms with Crippen LogP contribution in [0.3, 0.4) is 0 Å². The van der Waals surface area contributed by atoms with Gasteiger partial charge in [-0.3, -0.25) is 0 Å². The van der Waals surface area contributed by atoms with Crippen molar-refractivity contribution < 1.29 is 0 Å². The maximum absolute atomic E-state index is 6.39. The molecule has 0 saturated carbocycles. The fourth-order valence-corrected chi connectivity index (χ4v) is 2.43. The molecule has 0 radical (unpaired) electrons. The van der Waals surface area contributed by atoms with Gasteiger partial charge in [-0.15, -0.1) is 0 Å². The van der Waals surface area contributed by atoms with Crippen molar-refractivity contribution in [2.45, 2.75) is 33.2 Å². The van der Waals surface area contributed by atoms with E-state index in [1.165, 1.54) is 11.3 Å². The molecule has 1 aromatic carbocycles. The lowest BCUT2D eigenvalue weighted by molar-refractivity contribution is 0.789. The van der Waals surface area contributed by atoms with Gasteiger partial charge in [0, 0.05) is 12.2 Å². The van der Waals surface area contributed by atoms with Crippen LogP contribution in [0.2, 0.25) is 5.02 Å². The van der Waals surface area contributed by atoms with E-state index in [-0.39, 0.29) is 0 Å². The Labute approximate surface area is 119 Å². The van der Waals surface area contributed by atoms with Gasteiger partial charge in [0.1, 0.15) is 0 Å². The van der Waals surface area contributed by atoms with Crippen molar-refractivity contribution in [3.63, 3.8) is 0 Å². The molecule has 4 heteroatoms. The van der Waals surface area contributed by atoms with Crippen molar-refractivity contribution in [3.05, 3.63) is 46.2 Å². The van der Waals surface area contributed by atoms with E-state index in [0.29, 0.717) is 0 Å². The molecule has 1 aromatic heterocycles.